The topological polar surface area (TPSA) is 26.0 Å². The summed E-state index contributed by atoms with van der Waals surface area (Å²) in [6.07, 6.45) is -2.34. The quantitative estimate of drug-likeness (QED) is 0.797. The van der Waals surface area contributed by atoms with E-state index in [1.807, 2.05) is 0 Å². The third-order valence-corrected chi connectivity index (χ3v) is 4.15. The van der Waals surface area contributed by atoms with Gasteiger partial charge in [0, 0.05) is 6.04 Å². The summed E-state index contributed by atoms with van der Waals surface area (Å²) in [7, 11) is 0. The maximum atomic E-state index is 13.4. The standard InChI is InChI=1S/C15H19F4N/c1-9-6-10(8-11(16)7-9)14(20)12-4-2-3-5-13(12)15(17,18)19/h6-8,12-14H,2-5,20H2,1H3. The number of halogens is 4. The summed E-state index contributed by atoms with van der Waals surface area (Å²) < 4.78 is 52.7. The molecule has 5 heteroatoms. The van der Waals surface area contributed by atoms with Crippen LogP contribution in [0.4, 0.5) is 17.6 Å². The second-order valence-corrected chi connectivity index (χ2v) is 5.68. The van der Waals surface area contributed by atoms with E-state index in [-0.39, 0.29) is 6.42 Å². The van der Waals surface area contributed by atoms with E-state index < -0.39 is 29.9 Å². The van der Waals surface area contributed by atoms with Gasteiger partial charge in [-0.2, -0.15) is 13.2 Å². The van der Waals surface area contributed by atoms with E-state index in [1.54, 1.807) is 13.0 Å². The molecule has 1 aromatic carbocycles. The van der Waals surface area contributed by atoms with Crippen LogP contribution in [-0.4, -0.2) is 6.18 Å². The Bertz CT molecular complexity index is 449. The van der Waals surface area contributed by atoms with Crippen LogP contribution in [0.3, 0.4) is 0 Å². The van der Waals surface area contributed by atoms with E-state index in [4.69, 9.17) is 5.73 Å². The lowest BCUT2D eigenvalue weighted by Crippen LogP contribution is -2.38. The molecule has 0 bridgehead atoms. The minimum absolute atomic E-state index is 0.121. The molecule has 1 aromatic rings. The zero-order valence-electron chi connectivity index (χ0n) is 11.4. The predicted octanol–water partition coefficient (Wildman–Crippen LogP) is 4.50. The molecule has 3 atom stereocenters. The smallest absolute Gasteiger partial charge is 0.324 e. The van der Waals surface area contributed by atoms with Crippen LogP contribution in [0.5, 0.6) is 0 Å². The molecule has 1 nitrogen and oxygen atoms in total. The number of rotatable bonds is 2. The first kappa shape index (κ1) is 15.3. The van der Waals surface area contributed by atoms with E-state index in [1.165, 1.54) is 12.1 Å². The van der Waals surface area contributed by atoms with Crippen LogP contribution in [0.1, 0.15) is 42.9 Å². The van der Waals surface area contributed by atoms with Crippen LogP contribution in [0.2, 0.25) is 0 Å². The highest BCUT2D eigenvalue weighted by Crippen LogP contribution is 2.45. The van der Waals surface area contributed by atoms with Crippen molar-refractivity contribution in [1.82, 2.24) is 0 Å². The molecule has 0 spiro atoms. The molecule has 0 aliphatic heterocycles. The predicted molar refractivity (Wildman–Crippen MR) is 69.6 cm³/mol. The van der Waals surface area contributed by atoms with Crippen molar-refractivity contribution in [2.75, 3.05) is 0 Å². The van der Waals surface area contributed by atoms with Crippen molar-refractivity contribution in [3.05, 3.63) is 35.1 Å². The van der Waals surface area contributed by atoms with Crippen LogP contribution in [0.25, 0.3) is 0 Å². The van der Waals surface area contributed by atoms with Crippen LogP contribution >= 0.6 is 0 Å². The van der Waals surface area contributed by atoms with Crippen molar-refractivity contribution in [3.63, 3.8) is 0 Å². The van der Waals surface area contributed by atoms with Gasteiger partial charge < -0.3 is 5.73 Å². The summed E-state index contributed by atoms with van der Waals surface area (Å²) in [5, 5.41) is 0. The highest BCUT2D eigenvalue weighted by molar-refractivity contribution is 5.26. The lowest BCUT2D eigenvalue weighted by atomic mass is 9.73. The Kier molecular flexibility index (Phi) is 4.37. The molecule has 0 aromatic heterocycles. The fourth-order valence-electron chi connectivity index (χ4n) is 3.20. The molecule has 1 fully saturated rings. The average molecular weight is 289 g/mol. The Labute approximate surface area is 116 Å². The Morgan fingerprint density at radius 3 is 2.40 bits per heavy atom. The molecule has 1 saturated carbocycles. The van der Waals surface area contributed by atoms with E-state index in [0.717, 1.165) is 6.42 Å². The fraction of sp³-hybridized carbons (Fsp3) is 0.600. The average Bonchev–Trinajstić information content (AvgIpc) is 2.35. The first-order valence-corrected chi connectivity index (χ1v) is 6.88. The van der Waals surface area contributed by atoms with Crippen molar-refractivity contribution >= 4 is 0 Å². The minimum Gasteiger partial charge on any atom is -0.324 e. The van der Waals surface area contributed by atoms with Gasteiger partial charge in [-0.25, -0.2) is 4.39 Å². The van der Waals surface area contributed by atoms with E-state index in [0.29, 0.717) is 24.0 Å². The summed E-state index contributed by atoms with van der Waals surface area (Å²) in [6.45, 7) is 1.71. The highest BCUT2D eigenvalue weighted by atomic mass is 19.4. The molecule has 0 amide bonds. The van der Waals surface area contributed by atoms with E-state index in [9.17, 15) is 17.6 Å². The van der Waals surface area contributed by atoms with Gasteiger partial charge in [0.2, 0.25) is 0 Å². The second kappa shape index (κ2) is 5.72. The number of nitrogens with two attached hydrogens (primary N) is 1. The van der Waals surface area contributed by atoms with Crippen molar-refractivity contribution in [1.29, 1.82) is 0 Å². The first-order chi connectivity index (χ1) is 9.29. The summed E-state index contributed by atoms with van der Waals surface area (Å²) in [5.74, 6) is -2.49. The maximum Gasteiger partial charge on any atom is 0.392 e. The molecular formula is C15H19F4N. The first-order valence-electron chi connectivity index (χ1n) is 6.88. The summed E-state index contributed by atoms with van der Waals surface area (Å²) in [5.41, 5.74) is 7.17. The molecule has 3 unspecified atom stereocenters. The zero-order chi connectivity index (χ0) is 14.9. The molecule has 0 saturated heterocycles. The number of benzene rings is 1. The Morgan fingerprint density at radius 2 is 1.80 bits per heavy atom. The molecular weight excluding hydrogens is 270 g/mol. The lowest BCUT2D eigenvalue weighted by molar-refractivity contribution is -0.198. The molecule has 20 heavy (non-hydrogen) atoms. The van der Waals surface area contributed by atoms with Gasteiger partial charge in [0.05, 0.1) is 5.92 Å². The third kappa shape index (κ3) is 3.32. The normalized spacial score (nSPS) is 25.5. The Morgan fingerprint density at radius 1 is 1.15 bits per heavy atom. The minimum atomic E-state index is -4.23. The Hall–Kier alpha value is -1.10. The van der Waals surface area contributed by atoms with Gasteiger partial charge in [0.25, 0.3) is 0 Å². The summed E-state index contributed by atoms with van der Waals surface area (Å²) in [4.78, 5) is 0. The second-order valence-electron chi connectivity index (χ2n) is 5.68. The van der Waals surface area contributed by atoms with Gasteiger partial charge in [0.1, 0.15) is 5.82 Å². The largest absolute Gasteiger partial charge is 0.392 e. The van der Waals surface area contributed by atoms with Crippen molar-refractivity contribution in [3.8, 4) is 0 Å². The molecule has 1 aliphatic carbocycles. The zero-order valence-corrected chi connectivity index (χ0v) is 11.4. The van der Waals surface area contributed by atoms with E-state index >= 15 is 0 Å². The van der Waals surface area contributed by atoms with Crippen molar-refractivity contribution in [2.45, 2.75) is 44.8 Å². The van der Waals surface area contributed by atoms with Gasteiger partial charge in [-0.3, -0.25) is 0 Å². The van der Waals surface area contributed by atoms with Crippen molar-refractivity contribution < 1.29 is 17.6 Å². The van der Waals surface area contributed by atoms with Crippen LogP contribution in [0.15, 0.2) is 18.2 Å². The fourth-order valence-corrected chi connectivity index (χ4v) is 3.20. The SMILES string of the molecule is Cc1cc(F)cc(C(N)C2CCCCC2C(F)(F)F)c1. The van der Waals surface area contributed by atoms with Gasteiger partial charge in [-0.05, 0) is 48.9 Å². The molecule has 0 radical (unpaired) electrons. The summed E-state index contributed by atoms with van der Waals surface area (Å²) in [6, 6.07) is 3.50. The molecule has 1 aliphatic rings. The van der Waals surface area contributed by atoms with Crippen LogP contribution in [-0.2, 0) is 0 Å². The third-order valence-electron chi connectivity index (χ3n) is 4.15. The summed E-state index contributed by atoms with van der Waals surface area (Å²) >= 11 is 0. The Balaban J connectivity index is 2.27. The number of alkyl halides is 3. The number of hydrogen-bond acceptors (Lipinski definition) is 1. The number of aryl methyl sites for hydroxylation is 1. The molecule has 0 heterocycles. The van der Waals surface area contributed by atoms with Gasteiger partial charge in [-0.15, -0.1) is 0 Å². The van der Waals surface area contributed by atoms with E-state index in [2.05, 4.69) is 0 Å². The van der Waals surface area contributed by atoms with Gasteiger partial charge in [-0.1, -0.05) is 18.9 Å². The molecule has 2 rings (SSSR count). The van der Waals surface area contributed by atoms with Gasteiger partial charge >= 0.3 is 6.18 Å². The van der Waals surface area contributed by atoms with Gasteiger partial charge in [0.15, 0.2) is 0 Å². The molecule has 2 N–H and O–H groups in total. The van der Waals surface area contributed by atoms with Crippen LogP contribution in [0, 0.1) is 24.6 Å². The van der Waals surface area contributed by atoms with Crippen molar-refractivity contribution in [2.24, 2.45) is 17.6 Å². The van der Waals surface area contributed by atoms with Crippen LogP contribution < -0.4 is 5.73 Å². The lowest BCUT2D eigenvalue weighted by Gasteiger charge is -2.36. The maximum absolute atomic E-state index is 13.4. The highest BCUT2D eigenvalue weighted by Gasteiger charge is 2.47. The molecule has 112 valence electrons. The monoisotopic (exact) mass is 289 g/mol. The number of hydrogen-bond donors (Lipinski definition) is 1.